The third-order valence-corrected chi connectivity index (χ3v) is 4.74. The number of carbonyl (C=O) groups is 1. The molecule has 2 aromatic rings. The van der Waals surface area contributed by atoms with Gasteiger partial charge in [-0.2, -0.15) is 0 Å². The van der Waals surface area contributed by atoms with E-state index in [2.05, 4.69) is 0 Å². The van der Waals surface area contributed by atoms with E-state index >= 15 is 0 Å². The van der Waals surface area contributed by atoms with Crippen molar-refractivity contribution in [3.05, 3.63) is 69.2 Å². The van der Waals surface area contributed by atoms with Crippen molar-refractivity contribution >= 4 is 39.8 Å². The van der Waals surface area contributed by atoms with E-state index in [1.165, 1.54) is 6.07 Å². The second kappa shape index (κ2) is 7.21. The van der Waals surface area contributed by atoms with Crippen molar-refractivity contribution in [2.24, 2.45) is 0 Å². The van der Waals surface area contributed by atoms with Gasteiger partial charge in [0.25, 0.3) is 0 Å². The lowest BCUT2D eigenvalue weighted by Gasteiger charge is -2.05. The molecular formula is C16H14Cl2O2S. The Morgan fingerprint density at radius 1 is 1.14 bits per heavy atom. The molecule has 0 aliphatic heterocycles. The maximum atomic E-state index is 12.1. The highest BCUT2D eigenvalue weighted by Crippen LogP contribution is 2.21. The van der Waals surface area contributed by atoms with Crippen LogP contribution in [0, 0.1) is 6.92 Å². The van der Waals surface area contributed by atoms with Gasteiger partial charge in [0.05, 0.1) is 10.8 Å². The predicted molar refractivity (Wildman–Crippen MR) is 88.7 cm³/mol. The van der Waals surface area contributed by atoms with Gasteiger partial charge in [0.1, 0.15) is 0 Å². The fraction of sp³-hybridized carbons (Fsp3) is 0.188. The van der Waals surface area contributed by atoms with E-state index in [0.717, 1.165) is 11.1 Å². The quantitative estimate of drug-likeness (QED) is 0.754. The van der Waals surface area contributed by atoms with Crippen molar-refractivity contribution in [3.8, 4) is 0 Å². The maximum Gasteiger partial charge on any atom is 0.176 e. The standard InChI is InChI=1S/C16H14Cl2O2S/c1-11-3-2-4-12(7-11)9-21(20)10-16(19)14-8-13(17)5-6-15(14)18/h2-8H,9-10H2,1H3. The van der Waals surface area contributed by atoms with Crippen LogP contribution in [0.1, 0.15) is 21.5 Å². The van der Waals surface area contributed by atoms with Crippen LogP contribution in [0.15, 0.2) is 42.5 Å². The molecule has 2 rings (SSSR count). The largest absolute Gasteiger partial charge is 0.293 e. The number of carbonyl (C=O) groups excluding carboxylic acids is 1. The Morgan fingerprint density at radius 2 is 1.90 bits per heavy atom. The Kier molecular flexibility index (Phi) is 5.57. The van der Waals surface area contributed by atoms with Crippen molar-refractivity contribution in [2.45, 2.75) is 12.7 Å². The van der Waals surface area contributed by atoms with Crippen LogP contribution in [0.4, 0.5) is 0 Å². The van der Waals surface area contributed by atoms with Gasteiger partial charge in [-0.15, -0.1) is 0 Å². The van der Waals surface area contributed by atoms with Crippen molar-refractivity contribution < 1.29 is 9.00 Å². The summed E-state index contributed by atoms with van der Waals surface area (Å²) in [6, 6.07) is 12.5. The van der Waals surface area contributed by atoms with E-state index in [-0.39, 0.29) is 11.5 Å². The van der Waals surface area contributed by atoms with Crippen molar-refractivity contribution in [1.82, 2.24) is 0 Å². The molecule has 2 aromatic carbocycles. The van der Waals surface area contributed by atoms with E-state index < -0.39 is 10.8 Å². The fourth-order valence-electron chi connectivity index (χ4n) is 1.97. The first-order valence-electron chi connectivity index (χ1n) is 6.34. The average molecular weight is 341 g/mol. The molecule has 21 heavy (non-hydrogen) atoms. The van der Waals surface area contributed by atoms with Crippen LogP contribution in [0.2, 0.25) is 10.0 Å². The number of hydrogen-bond acceptors (Lipinski definition) is 2. The first-order valence-corrected chi connectivity index (χ1v) is 8.59. The molecule has 0 aliphatic carbocycles. The topological polar surface area (TPSA) is 34.1 Å². The zero-order valence-corrected chi connectivity index (χ0v) is 13.8. The van der Waals surface area contributed by atoms with Gasteiger partial charge < -0.3 is 0 Å². The van der Waals surface area contributed by atoms with Gasteiger partial charge in [-0.05, 0) is 30.7 Å². The maximum absolute atomic E-state index is 12.1. The number of benzene rings is 2. The summed E-state index contributed by atoms with van der Waals surface area (Å²) in [7, 11) is -1.28. The molecule has 0 aliphatic rings. The Bertz CT molecular complexity index is 698. The molecule has 0 spiro atoms. The third-order valence-electron chi connectivity index (χ3n) is 2.93. The molecule has 0 fully saturated rings. The van der Waals surface area contributed by atoms with E-state index in [9.17, 15) is 9.00 Å². The molecule has 0 bridgehead atoms. The zero-order valence-electron chi connectivity index (χ0n) is 11.4. The molecule has 1 atom stereocenters. The summed E-state index contributed by atoms with van der Waals surface area (Å²) in [6.07, 6.45) is 0. The Morgan fingerprint density at radius 3 is 2.62 bits per heavy atom. The fourth-order valence-corrected chi connectivity index (χ4v) is 3.47. The summed E-state index contributed by atoms with van der Waals surface area (Å²) < 4.78 is 12.1. The van der Waals surface area contributed by atoms with Gasteiger partial charge in [0.2, 0.25) is 0 Å². The van der Waals surface area contributed by atoms with Crippen molar-refractivity contribution in [3.63, 3.8) is 0 Å². The summed E-state index contributed by atoms with van der Waals surface area (Å²) in [4.78, 5) is 12.1. The second-order valence-corrected chi connectivity index (χ2v) is 7.07. The SMILES string of the molecule is Cc1cccc(CS(=O)CC(=O)c2cc(Cl)ccc2Cl)c1. The van der Waals surface area contributed by atoms with Crippen LogP contribution >= 0.6 is 23.2 Å². The number of aryl methyl sites for hydroxylation is 1. The highest BCUT2D eigenvalue weighted by molar-refractivity contribution is 7.85. The molecule has 0 heterocycles. The number of Topliss-reactive ketones (excluding diaryl/α,β-unsaturated/α-hetero) is 1. The first kappa shape index (κ1) is 16.2. The molecule has 0 N–H and O–H groups in total. The molecule has 0 saturated carbocycles. The minimum Gasteiger partial charge on any atom is -0.293 e. The van der Waals surface area contributed by atoms with Gasteiger partial charge in [0, 0.05) is 27.1 Å². The minimum atomic E-state index is -1.28. The van der Waals surface area contributed by atoms with Gasteiger partial charge in [-0.25, -0.2) is 0 Å². The second-order valence-electron chi connectivity index (χ2n) is 4.76. The lowest BCUT2D eigenvalue weighted by atomic mass is 10.1. The molecule has 1 unspecified atom stereocenters. The number of ketones is 1. The van der Waals surface area contributed by atoms with Crippen LogP contribution in [0.3, 0.4) is 0 Å². The highest BCUT2D eigenvalue weighted by Gasteiger charge is 2.15. The predicted octanol–water partition coefficient (Wildman–Crippen LogP) is 4.43. The normalized spacial score (nSPS) is 12.1. The lowest BCUT2D eigenvalue weighted by Crippen LogP contribution is -2.13. The summed E-state index contributed by atoms with van der Waals surface area (Å²) >= 11 is 11.8. The molecule has 0 amide bonds. The van der Waals surface area contributed by atoms with Crippen LogP contribution in [-0.2, 0) is 16.6 Å². The molecular weight excluding hydrogens is 327 g/mol. The third kappa shape index (κ3) is 4.67. The highest BCUT2D eigenvalue weighted by atomic mass is 35.5. The molecule has 0 radical (unpaired) electrons. The van der Waals surface area contributed by atoms with E-state index in [1.807, 2.05) is 31.2 Å². The van der Waals surface area contributed by atoms with Gasteiger partial charge in [-0.1, -0.05) is 53.0 Å². The minimum absolute atomic E-state index is 0.0615. The van der Waals surface area contributed by atoms with Gasteiger partial charge >= 0.3 is 0 Å². The summed E-state index contributed by atoms with van der Waals surface area (Å²) in [5, 5.41) is 0.768. The van der Waals surface area contributed by atoms with E-state index in [0.29, 0.717) is 21.4 Å². The van der Waals surface area contributed by atoms with Crippen LogP contribution < -0.4 is 0 Å². The summed E-state index contributed by atoms with van der Waals surface area (Å²) in [5.41, 5.74) is 2.38. The number of halogens is 2. The average Bonchev–Trinajstić information content (AvgIpc) is 2.41. The molecule has 2 nitrogen and oxygen atoms in total. The molecule has 0 aromatic heterocycles. The number of hydrogen-bond donors (Lipinski definition) is 0. The van der Waals surface area contributed by atoms with Crippen molar-refractivity contribution in [2.75, 3.05) is 5.75 Å². The molecule has 0 saturated heterocycles. The Hall–Kier alpha value is -1.16. The summed E-state index contributed by atoms with van der Waals surface area (Å²) in [6.45, 7) is 1.98. The Balaban J connectivity index is 2.05. The van der Waals surface area contributed by atoms with E-state index in [4.69, 9.17) is 23.2 Å². The number of rotatable bonds is 5. The monoisotopic (exact) mass is 340 g/mol. The Labute approximate surface area is 136 Å². The van der Waals surface area contributed by atoms with E-state index in [1.54, 1.807) is 12.1 Å². The van der Waals surface area contributed by atoms with Crippen LogP contribution in [0.25, 0.3) is 0 Å². The zero-order chi connectivity index (χ0) is 15.4. The molecule has 5 heteroatoms. The van der Waals surface area contributed by atoms with Gasteiger partial charge in [0.15, 0.2) is 5.78 Å². The summed E-state index contributed by atoms with van der Waals surface area (Å²) in [5.74, 6) is 0.0352. The van der Waals surface area contributed by atoms with Crippen LogP contribution in [-0.4, -0.2) is 15.7 Å². The molecule has 110 valence electrons. The first-order chi connectivity index (χ1) is 9.95. The smallest absolute Gasteiger partial charge is 0.176 e. The van der Waals surface area contributed by atoms with Gasteiger partial charge in [-0.3, -0.25) is 9.00 Å². The van der Waals surface area contributed by atoms with Crippen LogP contribution in [0.5, 0.6) is 0 Å². The van der Waals surface area contributed by atoms with Crippen molar-refractivity contribution in [1.29, 1.82) is 0 Å². The lowest BCUT2D eigenvalue weighted by molar-refractivity contribution is 0.102.